The van der Waals surface area contributed by atoms with Gasteiger partial charge in [0.15, 0.2) is 0 Å². The molecule has 0 fully saturated rings. The van der Waals surface area contributed by atoms with Crippen LogP contribution >= 0.6 is 15.9 Å². The molecule has 0 radical (unpaired) electrons. The molecule has 0 bridgehead atoms. The van der Waals surface area contributed by atoms with Gasteiger partial charge in [-0.2, -0.15) is 0 Å². The molecule has 3 aromatic carbocycles. The van der Waals surface area contributed by atoms with Crippen molar-refractivity contribution in [3.8, 4) is 0 Å². The molecule has 186 valence electrons. The van der Waals surface area contributed by atoms with Crippen molar-refractivity contribution in [2.75, 3.05) is 20.6 Å². The van der Waals surface area contributed by atoms with E-state index >= 15 is 0 Å². The summed E-state index contributed by atoms with van der Waals surface area (Å²) < 4.78 is 54.9. The Kier molecular flexibility index (Phi) is 7.93. The fourth-order valence-corrected chi connectivity index (χ4v) is 5.98. The van der Waals surface area contributed by atoms with E-state index in [4.69, 9.17) is 0 Å². The Bertz CT molecular complexity index is 1440. The standard InChI is InChI=1S/C24H26BrN3O5S2/c1-16-5-6-17(2)23(15-16)28(34(4,30)31)18(3)24(29)26-20-11-13-22(14-12-20)35(32,33)27-21-9-7-19(25)8-10-21/h5-15,18,27H,1-4H3,(H,26,29)/t18-/m0/s1. The van der Waals surface area contributed by atoms with Crippen LogP contribution in [0.25, 0.3) is 0 Å². The molecule has 35 heavy (non-hydrogen) atoms. The van der Waals surface area contributed by atoms with Gasteiger partial charge in [0.25, 0.3) is 10.0 Å². The fraction of sp³-hybridized carbons (Fsp3) is 0.208. The monoisotopic (exact) mass is 579 g/mol. The van der Waals surface area contributed by atoms with Crippen LogP contribution in [0.4, 0.5) is 17.1 Å². The summed E-state index contributed by atoms with van der Waals surface area (Å²) in [6.45, 7) is 5.12. The summed E-state index contributed by atoms with van der Waals surface area (Å²) in [5.41, 5.74) is 2.75. The van der Waals surface area contributed by atoms with Gasteiger partial charge in [0.05, 0.1) is 16.8 Å². The molecule has 0 saturated heterocycles. The lowest BCUT2D eigenvalue weighted by Crippen LogP contribution is -2.45. The number of aryl methyl sites for hydroxylation is 2. The van der Waals surface area contributed by atoms with Gasteiger partial charge >= 0.3 is 0 Å². The number of rotatable bonds is 8. The molecule has 0 aliphatic rings. The second-order valence-corrected chi connectivity index (χ2v) is 12.6. The number of hydrogen-bond donors (Lipinski definition) is 2. The number of halogens is 1. The molecule has 3 rings (SSSR count). The fourth-order valence-electron chi connectivity index (χ4n) is 3.43. The van der Waals surface area contributed by atoms with Gasteiger partial charge in [-0.1, -0.05) is 28.1 Å². The summed E-state index contributed by atoms with van der Waals surface area (Å²) in [6.07, 6.45) is 1.05. The summed E-state index contributed by atoms with van der Waals surface area (Å²) in [7, 11) is -7.60. The van der Waals surface area contributed by atoms with Crippen LogP contribution < -0.4 is 14.3 Å². The molecule has 8 nitrogen and oxygen atoms in total. The molecule has 0 heterocycles. The number of nitrogens with zero attached hydrogens (tertiary/aromatic N) is 1. The Balaban J connectivity index is 1.79. The third-order valence-corrected chi connectivity index (χ3v) is 8.37. The Morgan fingerprint density at radius 1 is 0.886 bits per heavy atom. The largest absolute Gasteiger partial charge is 0.324 e. The molecule has 0 aromatic heterocycles. The first-order valence-electron chi connectivity index (χ1n) is 10.5. The number of carbonyl (C=O) groups is 1. The number of anilines is 3. The minimum absolute atomic E-state index is 0.0135. The van der Waals surface area contributed by atoms with E-state index in [1.165, 1.54) is 31.2 Å². The molecular formula is C24H26BrN3O5S2. The highest BCUT2D eigenvalue weighted by Crippen LogP contribution is 2.27. The van der Waals surface area contributed by atoms with Crippen molar-refractivity contribution >= 4 is 58.9 Å². The van der Waals surface area contributed by atoms with Gasteiger partial charge < -0.3 is 5.32 Å². The Morgan fingerprint density at radius 3 is 2.03 bits per heavy atom. The molecular weight excluding hydrogens is 554 g/mol. The number of amides is 1. The van der Waals surface area contributed by atoms with E-state index in [1.807, 2.05) is 13.0 Å². The Morgan fingerprint density at radius 2 is 1.46 bits per heavy atom. The first-order chi connectivity index (χ1) is 16.3. The quantitative estimate of drug-likeness (QED) is 0.403. The van der Waals surface area contributed by atoms with Crippen LogP contribution in [0, 0.1) is 13.8 Å². The third kappa shape index (κ3) is 6.62. The zero-order valence-electron chi connectivity index (χ0n) is 19.6. The van der Waals surface area contributed by atoms with E-state index in [0.29, 0.717) is 22.6 Å². The van der Waals surface area contributed by atoms with Gasteiger partial charge in [-0.15, -0.1) is 0 Å². The van der Waals surface area contributed by atoms with Crippen molar-refractivity contribution in [3.05, 3.63) is 82.3 Å². The highest BCUT2D eigenvalue weighted by Gasteiger charge is 2.30. The molecule has 0 spiro atoms. The number of hydrogen-bond acceptors (Lipinski definition) is 5. The molecule has 2 N–H and O–H groups in total. The molecule has 0 unspecified atom stereocenters. The van der Waals surface area contributed by atoms with Crippen LogP contribution in [0.5, 0.6) is 0 Å². The zero-order valence-corrected chi connectivity index (χ0v) is 22.8. The van der Waals surface area contributed by atoms with Crippen molar-refractivity contribution in [1.82, 2.24) is 0 Å². The van der Waals surface area contributed by atoms with Crippen molar-refractivity contribution in [3.63, 3.8) is 0 Å². The SMILES string of the molecule is Cc1ccc(C)c(N([C@@H](C)C(=O)Nc2ccc(S(=O)(=O)Nc3ccc(Br)cc3)cc2)S(C)(=O)=O)c1. The summed E-state index contributed by atoms with van der Waals surface area (Å²) in [4.78, 5) is 13.0. The second kappa shape index (κ2) is 10.4. The number of sulfonamides is 2. The second-order valence-electron chi connectivity index (χ2n) is 8.15. The number of nitrogens with one attached hydrogen (secondary N) is 2. The Hall–Kier alpha value is -2.89. The van der Waals surface area contributed by atoms with E-state index in [9.17, 15) is 21.6 Å². The first-order valence-corrected chi connectivity index (χ1v) is 14.7. The molecule has 11 heteroatoms. The summed E-state index contributed by atoms with van der Waals surface area (Å²) >= 11 is 3.30. The third-order valence-electron chi connectivity index (χ3n) is 5.22. The maximum absolute atomic E-state index is 13.0. The molecule has 1 atom stereocenters. The molecule has 1 amide bonds. The molecule has 3 aromatic rings. The zero-order chi connectivity index (χ0) is 26.0. The van der Waals surface area contributed by atoms with Gasteiger partial charge in [-0.25, -0.2) is 16.8 Å². The van der Waals surface area contributed by atoms with Crippen LogP contribution in [0.2, 0.25) is 0 Å². The van der Waals surface area contributed by atoms with Gasteiger partial charge in [0.1, 0.15) is 6.04 Å². The van der Waals surface area contributed by atoms with Crippen molar-refractivity contribution in [1.29, 1.82) is 0 Å². The van der Waals surface area contributed by atoms with Crippen LogP contribution in [-0.2, 0) is 24.8 Å². The minimum atomic E-state index is -3.83. The lowest BCUT2D eigenvalue weighted by atomic mass is 10.1. The smallest absolute Gasteiger partial charge is 0.261 e. The highest BCUT2D eigenvalue weighted by atomic mass is 79.9. The molecule has 0 aliphatic heterocycles. The van der Waals surface area contributed by atoms with E-state index < -0.39 is 32.0 Å². The summed E-state index contributed by atoms with van der Waals surface area (Å²) in [6, 6.07) is 16.6. The van der Waals surface area contributed by atoms with Crippen LogP contribution in [0.15, 0.2) is 76.1 Å². The maximum atomic E-state index is 13.0. The first kappa shape index (κ1) is 26.7. The number of carbonyl (C=O) groups excluding carboxylic acids is 1. The maximum Gasteiger partial charge on any atom is 0.261 e. The predicted molar refractivity (Wildman–Crippen MR) is 143 cm³/mol. The van der Waals surface area contributed by atoms with Crippen LogP contribution in [0.1, 0.15) is 18.1 Å². The normalized spacial score (nSPS) is 12.6. The molecule has 0 saturated carbocycles. The predicted octanol–water partition coefficient (Wildman–Crippen LogP) is 4.66. The summed E-state index contributed by atoms with van der Waals surface area (Å²) in [5.74, 6) is -0.556. The van der Waals surface area contributed by atoms with Gasteiger partial charge in [-0.05, 0) is 86.5 Å². The lowest BCUT2D eigenvalue weighted by molar-refractivity contribution is -0.116. The van der Waals surface area contributed by atoms with Gasteiger partial charge in [-0.3, -0.25) is 13.8 Å². The number of benzene rings is 3. The van der Waals surface area contributed by atoms with Crippen LogP contribution in [0.3, 0.4) is 0 Å². The molecule has 0 aliphatic carbocycles. The highest BCUT2D eigenvalue weighted by molar-refractivity contribution is 9.10. The minimum Gasteiger partial charge on any atom is -0.324 e. The van der Waals surface area contributed by atoms with E-state index in [-0.39, 0.29) is 4.90 Å². The van der Waals surface area contributed by atoms with E-state index in [0.717, 1.165) is 20.6 Å². The lowest BCUT2D eigenvalue weighted by Gasteiger charge is -2.29. The van der Waals surface area contributed by atoms with E-state index in [2.05, 4.69) is 26.0 Å². The topological polar surface area (TPSA) is 113 Å². The van der Waals surface area contributed by atoms with E-state index in [1.54, 1.807) is 43.3 Å². The van der Waals surface area contributed by atoms with Gasteiger partial charge in [0.2, 0.25) is 15.9 Å². The average Bonchev–Trinajstić information content (AvgIpc) is 2.77. The van der Waals surface area contributed by atoms with Crippen molar-refractivity contribution < 1.29 is 21.6 Å². The van der Waals surface area contributed by atoms with Crippen LogP contribution in [-0.4, -0.2) is 35.0 Å². The van der Waals surface area contributed by atoms with Crippen molar-refractivity contribution in [2.24, 2.45) is 0 Å². The Labute approximate surface area is 214 Å². The average molecular weight is 581 g/mol. The van der Waals surface area contributed by atoms with Crippen molar-refractivity contribution in [2.45, 2.75) is 31.7 Å². The van der Waals surface area contributed by atoms with Gasteiger partial charge in [0, 0.05) is 15.8 Å². The summed E-state index contributed by atoms with van der Waals surface area (Å²) in [5, 5.41) is 2.67.